The van der Waals surface area contributed by atoms with Crippen LogP contribution in [0.4, 0.5) is 4.79 Å². The van der Waals surface area contributed by atoms with E-state index in [1.807, 2.05) is 4.90 Å². The average Bonchev–Trinajstić information content (AvgIpc) is 2.64. The van der Waals surface area contributed by atoms with Crippen LogP contribution in [0.3, 0.4) is 0 Å². The van der Waals surface area contributed by atoms with Crippen molar-refractivity contribution in [2.45, 2.75) is 57.9 Å². The molecule has 5 nitrogen and oxygen atoms in total. The molecule has 0 aromatic heterocycles. The van der Waals surface area contributed by atoms with Gasteiger partial charge in [-0.3, -0.25) is 4.79 Å². The Morgan fingerprint density at radius 1 is 1.10 bits per heavy atom. The predicted octanol–water partition coefficient (Wildman–Crippen LogP) is 2.46. The summed E-state index contributed by atoms with van der Waals surface area (Å²) in [6, 6.07) is 0.189. The van der Waals surface area contributed by atoms with Gasteiger partial charge >= 0.3 is 12.0 Å². The standard InChI is InChI=1S/C15H26N2O3/c1-11-4-2-3-9-17(10-11)15(20)16-13-7-5-12(6-8-13)14(18)19/h11-13H,2-10H2,1H3,(H,16,20)(H,18,19). The summed E-state index contributed by atoms with van der Waals surface area (Å²) in [6.45, 7) is 3.89. The first-order chi connectivity index (χ1) is 9.56. The maximum Gasteiger partial charge on any atom is 0.317 e. The molecule has 1 saturated heterocycles. The number of urea groups is 1. The van der Waals surface area contributed by atoms with Gasteiger partial charge in [0.2, 0.25) is 0 Å². The van der Waals surface area contributed by atoms with Crippen molar-refractivity contribution in [1.29, 1.82) is 0 Å². The fraction of sp³-hybridized carbons (Fsp3) is 0.867. The fourth-order valence-corrected chi connectivity index (χ4v) is 3.29. The Kier molecular flexibility index (Phi) is 5.26. The number of likely N-dealkylation sites (tertiary alicyclic amines) is 1. The first kappa shape index (κ1) is 15.1. The molecule has 0 aromatic rings. The second-order valence-corrected chi connectivity index (χ2v) is 6.38. The van der Waals surface area contributed by atoms with Gasteiger partial charge in [0.05, 0.1) is 5.92 Å². The first-order valence-electron chi connectivity index (χ1n) is 7.84. The largest absolute Gasteiger partial charge is 0.481 e. The van der Waals surface area contributed by atoms with E-state index in [9.17, 15) is 9.59 Å². The number of aliphatic carboxylic acids is 1. The smallest absolute Gasteiger partial charge is 0.317 e. The van der Waals surface area contributed by atoms with E-state index in [1.54, 1.807) is 0 Å². The molecule has 1 saturated carbocycles. The van der Waals surface area contributed by atoms with Crippen molar-refractivity contribution in [3.8, 4) is 0 Å². The van der Waals surface area contributed by atoms with Crippen molar-refractivity contribution < 1.29 is 14.7 Å². The number of carboxylic acid groups (broad SMARTS) is 1. The number of rotatable bonds is 2. The topological polar surface area (TPSA) is 69.6 Å². The van der Waals surface area contributed by atoms with Gasteiger partial charge in [0.1, 0.15) is 0 Å². The zero-order valence-electron chi connectivity index (χ0n) is 12.3. The Morgan fingerprint density at radius 3 is 2.45 bits per heavy atom. The van der Waals surface area contributed by atoms with Crippen LogP contribution in [-0.2, 0) is 4.79 Å². The van der Waals surface area contributed by atoms with Crippen molar-refractivity contribution in [3.63, 3.8) is 0 Å². The quantitative estimate of drug-likeness (QED) is 0.817. The molecule has 1 heterocycles. The van der Waals surface area contributed by atoms with E-state index < -0.39 is 5.97 Å². The number of nitrogens with zero attached hydrogens (tertiary/aromatic N) is 1. The minimum atomic E-state index is -0.698. The molecule has 0 aromatic carbocycles. The lowest BCUT2D eigenvalue weighted by Gasteiger charge is -2.30. The molecule has 2 N–H and O–H groups in total. The second-order valence-electron chi connectivity index (χ2n) is 6.38. The van der Waals surface area contributed by atoms with Crippen LogP contribution in [-0.4, -0.2) is 41.1 Å². The highest BCUT2D eigenvalue weighted by atomic mass is 16.4. The number of carboxylic acids is 1. The Bertz CT molecular complexity index is 351. The third-order valence-corrected chi connectivity index (χ3v) is 4.60. The van der Waals surface area contributed by atoms with Gasteiger partial charge in [-0.15, -0.1) is 0 Å². The van der Waals surface area contributed by atoms with Crippen LogP contribution in [0.1, 0.15) is 51.9 Å². The van der Waals surface area contributed by atoms with E-state index in [0.717, 1.165) is 32.4 Å². The summed E-state index contributed by atoms with van der Waals surface area (Å²) in [5.41, 5.74) is 0. The molecule has 0 radical (unpaired) electrons. The molecule has 0 spiro atoms. The summed E-state index contributed by atoms with van der Waals surface area (Å²) < 4.78 is 0. The van der Waals surface area contributed by atoms with Crippen molar-refractivity contribution in [3.05, 3.63) is 0 Å². The summed E-state index contributed by atoms with van der Waals surface area (Å²) in [4.78, 5) is 25.1. The molecule has 1 aliphatic carbocycles. The molecule has 2 fully saturated rings. The molecule has 2 amide bonds. The third-order valence-electron chi connectivity index (χ3n) is 4.60. The van der Waals surface area contributed by atoms with E-state index in [0.29, 0.717) is 18.8 Å². The Hall–Kier alpha value is -1.26. The van der Waals surface area contributed by atoms with Crippen molar-refractivity contribution in [1.82, 2.24) is 10.2 Å². The highest BCUT2D eigenvalue weighted by molar-refractivity contribution is 5.74. The van der Waals surface area contributed by atoms with E-state index in [2.05, 4.69) is 12.2 Å². The zero-order valence-corrected chi connectivity index (χ0v) is 12.3. The molecular formula is C15H26N2O3. The molecule has 0 bridgehead atoms. The maximum atomic E-state index is 12.3. The second kappa shape index (κ2) is 6.95. The van der Waals surface area contributed by atoms with E-state index in [1.165, 1.54) is 12.8 Å². The predicted molar refractivity (Wildman–Crippen MR) is 76.5 cm³/mol. The monoisotopic (exact) mass is 282 g/mol. The molecule has 20 heavy (non-hydrogen) atoms. The Balaban J connectivity index is 1.78. The number of carbonyl (C=O) groups excluding carboxylic acids is 1. The van der Waals surface area contributed by atoms with Gasteiger partial charge in [-0.2, -0.15) is 0 Å². The van der Waals surface area contributed by atoms with Crippen LogP contribution in [0.15, 0.2) is 0 Å². The molecule has 5 heteroatoms. The summed E-state index contributed by atoms with van der Waals surface area (Å²) in [5, 5.41) is 12.1. The molecule has 2 rings (SSSR count). The van der Waals surface area contributed by atoms with Gasteiger partial charge < -0.3 is 15.3 Å². The number of carbonyl (C=O) groups is 2. The number of hydrogen-bond acceptors (Lipinski definition) is 2. The lowest BCUT2D eigenvalue weighted by molar-refractivity contribution is -0.142. The van der Waals surface area contributed by atoms with Crippen molar-refractivity contribution >= 4 is 12.0 Å². The number of amides is 2. The van der Waals surface area contributed by atoms with E-state index >= 15 is 0 Å². The van der Waals surface area contributed by atoms with Gasteiger partial charge in [0.25, 0.3) is 0 Å². The van der Waals surface area contributed by atoms with Crippen LogP contribution in [0.25, 0.3) is 0 Å². The van der Waals surface area contributed by atoms with Gasteiger partial charge in [-0.1, -0.05) is 13.3 Å². The average molecular weight is 282 g/mol. The Labute approximate surface area is 120 Å². The molecule has 1 atom stereocenters. The molecule has 114 valence electrons. The minimum Gasteiger partial charge on any atom is -0.481 e. The van der Waals surface area contributed by atoms with Crippen LogP contribution in [0.2, 0.25) is 0 Å². The van der Waals surface area contributed by atoms with Crippen LogP contribution in [0.5, 0.6) is 0 Å². The summed E-state index contributed by atoms with van der Waals surface area (Å²) in [5.74, 6) is -0.344. The van der Waals surface area contributed by atoms with Crippen molar-refractivity contribution in [2.24, 2.45) is 11.8 Å². The van der Waals surface area contributed by atoms with Gasteiger partial charge in [0.15, 0.2) is 0 Å². The molecule has 1 aliphatic heterocycles. The number of hydrogen-bond donors (Lipinski definition) is 2. The van der Waals surface area contributed by atoms with Crippen LogP contribution in [0, 0.1) is 11.8 Å². The zero-order chi connectivity index (χ0) is 14.5. The fourth-order valence-electron chi connectivity index (χ4n) is 3.29. The van der Waals surface area contributed by atoms with E-state index in [-0.39, 0.29) is 18.0 Å². The molecule has 1 unspecified atom stereocenters. The molecular weight excluding hydrogens is 256 g/mol. The summed E-state index contributed by atoms with van der Waals surface area (Å²) in [7, 11) is 0. The van der Waals surface area contributed by atoms with Gasteiger partial charge in [0, 0.05) is 19.1 Å². The number of nitrogens with one attached hydrogen (secondary N) is 1. The highest BCUT2D eigenvalue weighted by Crippen LogP contribution is 2.24. The lowest BCUT2D eigenvalue weighted by atomic mass is 9.86. The summed E-state index contributed by atoms with van der Waals surface area (Å²) >= 11 is 0. The van der Waals surface area contributed by atoms with Gasteiger partial charge in [-0.25, -0.2) is 4.79 Å². The summed E-state index contributed by atoms with van der Waals surface area (Å²) in [6.07, 6.45) is 6.41. The minimum absolute atomic E-state index is 0.0394. The first-order valence-corrected chi connectivity index (χ1v) is 7.84. The van der Waals surface area contributed by atoms with E-state index in [4.69, 9.17) is 5.11 Å². The normalized spacial score (nSPS) is 31.4. The SMILES string of the molecule is CC1CCCCN(C(=O)NC2CCC(C(=O)O)CC2)C1. The lowest BCUT2D eigenvalue weighted by Crippen LogP contribution is -2.47. The van der Waals surface area contributed by atoms with Gasteiger partial charge in [-0.05, 0) is 44.4 Å². The maximum absolute atomic E-state index is 12.3. The third kappa shape index (κ3) is 4.12. The Morgan fingerprint density at radius 2 is 1.80 bits per heavy atom. The highest BCUT2D eigenvalue weighted by Gasteiger charge is 2.28. The molecule has 2 aliphatic rings. The van der Waals surface area contributed by atoms with Crippen molar-refractivity contribution in [2.75, 3.05) is 13.1 Å². The van der Waals surface area contributed by atoms with Crippen LogP contribution < -0.4 is 5.32 Å². The van der Waals surface area contributed by atoms with Crippen LogP contribution >= 0.6 is 0 Å².